The fourth-order valence-electron chi connectivity index (χ4n) is 6.18. The van der Waals surface area contributed by atoms with E-state index in [1.165, 1.54) is 0 Å². The molecule has 11 heteroatoms. The Bertz CT molecular complexity index is 1370. The van der Waals surface area contributed by atoms with Gasteiger partial charge in [0.05, 0.1) is 16.3 Å². The largest absolute Gasteiger partial charge is 0.512 e. The number of nitrogens with one attached hydrogen (secondary N) is 2. The van der Waals surface area contributed by atoms with E-state index in [0.29, 0.717) is 45.9 Å². The number of aromatic nitrogens is 2. The molecular formula is C30H39ClN6O4. The third kappa shape index (κ3) is 5.78. The molecule has 3 fully saturated rings. The first-order valence-electron chi connectivity index (χ1n) is 14.2. The number of halogens is 1. The van der Waals surface area contributed by atoms with Gasteiger partial charge in [-0.25, -0.2) is 9.97 Å². The molecule has 1 spiro atoms. The molecule has 1 aromatic carbocycles. The van der Waals surface area contributed by atoms with E-state index in [-0.39, 0.29) is 29.4 Å². The number of allylic oxidation sites excluding steroid dienone is 2. The van der Waals surface area contributed by atoms with E-state index in [1.54, 1.807) is 39.1 Å². The minimum Gasteiger partial charge on any atom is -0.512 e. The summed E-state index contributed by atoms with van der Waals surface area (Å²) in [6.45, 7) is 8.93. The molecule has 4 N–H and O–H groups in total. The van der Waals surface area contributed by atoms with Gasteiger partial charge in [-0.05, 0) is 65.3 Å². The molecule has 1 atom stereocenters. The Morgan fingerprint density at radius 3 is 2.56 bits per heavy atom. The summed E-state index contributed by atoms with van der Waals surface area (Å²) in [6, 6.07) is 5.18. The van der Waals surface area contributed by atoms with Crippen molar-refractivity contribution in [2.45, 2.75) is 46.1 Å². The molecule has 3 heterocycles. The highest BCUT2D eigenvalue weighted by Gasteiger charge is 2.55. The molecule has 1 amide bonds. The molecule has 5 rings (SSSR count). The zero-order valence-corrected chi connectivity index (χ0v) is 24.9. The van der Waals surface area contributed by atoms with Gasteiger partial charge in [0, 0.05) is 60.9 Å². The van der Waals surface area contributed by atoms with E-state index in [9.17, 15) is 15.0 Å². The van der Waals surface area contributed by atoms with Crippen molar-refractivity contribution in [3.8, 4) is 17.1 Å². The Morgan fingerprint density at radius 2 is 1.98 bits per heavy atom. The maximum atomic E-state index is 12.7. The second-order valence-corrected chi connectivity index (χ2v) is 12.1. The van der Waals surface area contributed by atoms with Crippen LogP contribution in [-0.4, -0.2) is 89.2 Å². The molecule has 0 radical (unpaired) electrons. The second-order valence-electron chi connectivity index (χ2n) is 11.7. The van der Waals surface area contributed by atoms with Gasteiger partial charge >= 0.3 is 0 Å². The number of hydrogen-bond donors (Lipinski definition) is 4. The van der Waals surface area contributed by atoms with Gasteiger partial charge in [-0.1, -0.05) is 11.6 Å². The summed E-state index contributed by atoms with van der Waals surface area (Å²) < 4.78 is 5.80. The summed E-state index contributed by atoms with van der Waals surface area (Å²) in [7, 11) is 1.76. The molecule has 2 saturated heterocycles. The lowest BCUT2D eigenvalue weighted by Gasteiger charge is -2.60. The van der Waals surface area contributed by atoms with Gasteiger partial charge in [-0.15, -0.1) is 0 Å². The van der Waals surface area contributed by atoms with Crippen molar-refractivity contribution < 1.29 is 19.7 Å². The van der Waals surface area contributed by atoms with E-state index in [1.807, 2.05) is 11.8 Å². The van der Waals surface area contributed by atoms with E-state index in [4.69, 9.17) is 31.7 Å². The summed E-state index contributed by atoms with van der Waals surface area (Å²) in [5, 5.41) is 32.3. The van der Waals surface area contributed by atoms with Crippen LogP contribution in [0.25, 0.3) is 17.0 Å². The molecule has 0 unspecified atom stereocenters. The number of amides is 1. The Hall–Kier alpha value is -3.21. The predicted octanol–water partition coefficient (Wildman–Crippen LogP) is 3.84. The van der Waals surface area contributed by atoms with Crippen LogP contribution in [0.2, 0.25) is 5.02 Å². The predicted molar refractivity (Wildman–Crippen MR) is 160 cm³/mol. The quantitative estimate of drug-likeness (QED) is 0.245. The molecule has 1 aromatic heterocycles. The number of likely N-dealkylation sites (tertiary alicyclic amines) is 1. The molecular weight excluding hydrogens is 544 g/mol. The fraction of sp³-hybridized carbons (Fsp3) is 0.533. The smallest absolute Gasteiger partial charge is 0.225 e. The number of aliphatic hydroxyl groups excluding tert-OH is 2. The summed E-state index contributed by atoms with van der Waals surface area (Å²) >= 11 is 6.64. The molecule has 220 valence electrons. The van der Waals surface area contributed by atoms with Gasteiger partial charge in [-0.3, -0.25) is 4.79 Å². The van der Waals surface area contributed by atoms with Crippen molar-refractivity contribution in [3.05, 3.63) is 40.2 Å². The van der Waals surface area contributed by atoms with Crippen LogP contribution in [0.5, 0.6) is 5.75 Å². The number of carbonyl (C=O) groups excluding carboxylic acids is 1. The van der Waals surface area contributed by atoms with E-state index in [0.717, 1.165) is 56.8 Å². The minimum absolute atomic E-state index is 0.00400. The fourth-order valence-corrected chi connectivity index (χ4v) is 6.38. The highest BCUT2D eigenvalue weighted by Crippen LogP contribution is 2.54. The van der Waals surface area contributed by atoms with Gasteiger partial charge in [0.1, 0.15) is 30.0 Å². The van der Waals surface area contributed by atoms with Crippen LogP contribution in [0.15, 0.2) is 24.0 Å². The number of nitrogens with zero attached hydrogens (tertiary/aromatic N) is 4. The molecule has 41 heavy (non-hydrogen) atoms. The monoisotopic (exact) mass is 582 g/mol. The van der Waals surface area contributed by atoms with Crippen molar-refractivity contribution in [3.63, 3.8) is 0 Å². The maximum Gasteiger partial charge on any atom is 0.225 e. The number of benzene rings is 1. The van der Waals surface area contributed by atoms with Crippen LogP contribution < -0.4 is 15.0 Å². The number of aliphatic hydroxyl groups is 2. The Balaban J connectivity index is 1.45. The van der Waals surface area contributed by atoms with Crippen LogP contribution in [-0.2, 0) is 4.79 Å². The van der Waals surface area contributed by atoms with Crippen molar-refractivity contribution in [1.29, 1.82) is 5.41 Å². The molecule has 10 nitrogen and oxygen atoms in total. The lowest BCUT2D eigenvalue weighted by atomic mass is 9.57. The van der Waals surface area contributed by atoms with Gasteiger partial charge in [0.2, 0.25) is 5.91 Å². The average molecular weight is 583 g/mol. The molecule has 1 aliphatic carbocycles. The third-order valence-electron chi connectivity index (χ3n) is 8.38. The van der Waals surface area contributed by atoms with E-state index in [2.05, 4.69) is 10.2 Å². The first-order valence-corrected chi connectivity index (χ1v) is 14.5. The Morgan fingerprint density at radius 1 is 1.27 bits per heavy atom. The van der Waals surface area contributed by atoms with Crippen LogP contribution >= 0.6 is 11.6 Å². The molecule has 2 aromatic rings. The van der Waals surface area contributed by atoms with Crippen molar-refractivity contribution in [2.75, 3.05) is 51.3 Å². The number of carbonyl (C=O) groups is 1. The van der Waals surface area contributed by atoms with E-state index >= 15 is 0 Å². The summed E-state index contributed by atoms with van der Waals surface area (Å²) in [5.41, 5.74) is 2.45. The number of anilines is 1. The first kappa shape index (κ1) is 29.3. The van der Waals surface area contributed by atoms with Crippen LogP contribution in [0.4, 0.5) is 5.82 Å². The normalized spacial score (nSPS) is 19.2. The van der Waals surface area contributed by atoms with Gasteiger partial charge < -0.3 is 35.5 Å². The maximum absolute atomic E-state index is 12.7. The van der Waals surface area contributed by atoms with Crippen molar-refractivity contribution in [1.82, 2.24) is 20.2 Å². The summed E-state index contributed by atoms with van der Waals surface area (Å²) in [6.07, 6.45) is 2.22. The lowest BCUT2D eigenvalue weighted by Crippen LogP contribution is -2.65. The average Bonchev–Trinajstić information content (AvgIpc) is 2.82. The first-order chi connectivity index (χ1) is 19.5. The van der Waals surface area contributed by atoms with E-state index < -0.39 is 6.10 Å². The van der Waals surface area contributed by atoms with Gasteiger partial charge in [0.25, 0.3) is 0 Å². The highest BCUT2D eigenvalue weighted by molar-refractivity contribution is 6.33. The Kier molecular flexibility index (Phi) is 8.27. The molecule has 0 bridgehead atoms. The SMILES string of the molecule is CNC[C@@H](O)COc1ccc(Cl)c(-c2nc(/C(C(C)=N)=C(\C)O)c(C)c(N3CC4(CC(C(=O)N5CCC5)C4)C3)n2)c1. The number of rotatable bonds is 10. The summed E-state index contributed by atoms with van der Waals surface area (Å²) in [4.78, 5) is 26.6. The zero-order chi connectivity index (χ0) is 29.5. The molecule has 1 saturated carbocycles. The number of ether oxygens (including phenoxy) is 1. The van der Waals surface area contributed by atoms with Gasteiger partial charge in [-0.2, -0.15) is 0 Å². The standard InChI is InChI=1S/C30H39ClN6O4/c1-17-26(25(18(2)32)19(3)38)34-27(23-10-22(6-7-24(23)31)41-14-21(39)13-33-4)35-28(17)37-15-30(16-37)11-20(12-30)29(40)36-8-5-9-36/h6-7,10,20-21,32-33,38-39H,5,8-9,11-16H2,1-4H3/b25-19+,32-18?/t21-/m1/s1. The topological polar surface area (TPSA) is 135 Å². The number of hydrogen-bond acceptors (Lipinski definition) is 9. The molecule has 2 aliphatic heterocycles. The summed E-state index contributed by atoms with van der Waals surface area (Å²) in [5.74, 6) is 2.01. The van der Waals surface area contributed by atoms with Crippen LogP contribution in [0.1, 0.15) is 44.4 Å². The highest BCUT2D eigenvalue weighted by atomic mass is 35.5. The molecule has 3 aliphatic rings. The Labute approximate surface area is 245 Å². The van der Waals surface area contributed by atoms with Crippen LogP contribution in [0.3, 0.4) is 0 Å². The van der Waals surface area contributed by atoms with Gasteiger partial charge in [0.15, 0.2) is 5.82 Å². The lowest BCUT2D eigenvalue weighted by molar-refractivity contribution is -0.148. The second kappa shape index (κ2) is 11.6. The zero-order valence-electron chi connectivity index (χ0n) is 24.1. The third-order valence-corrected chi connectivity index (χ3v) is 8.71. The van der Waals surface area contributed by atoms with Crippen LogP contribution in [0, 0.1) is 23.7 Å². The number of likely N-dealkylation sites (N-methyl/N-ethyl adjacent to an activating group) is 1. The minimum atomic E-state index is -0.671. The van der Waals surface area contributed by atoms with Crippen molar-refractivity contribution in [2.24, 2.45) is 11.3 Å². The van der Waals surface area contributed by atoms with Crippen molar-refractivity contribution >= 4 is 34.6 Å².